The van der Waals surface area contributed by atoms with Gasteiger partial charge in [0.05, 0.1) is 11.0 Å². The van der Waals surface area contributed by atoms with E-state index in [-0.39, 0.29) is 12.1 Å². The molecule has 1 aliphatic carbocycles. The van der Waals surface area contributed by atoms with Crippen LogP contribution in [-0.2, 0) is 21.3 Å². The van der Waals surface area contributed by atoms with Crippen molar-refractivity contribution < 1.29 is 13.2 Å². The first-order valence-corrected chi connectivity index (χ1v) is 9.72. The first kappa shape index (κ1) is 16.9. The van der Waals surface area contributed by atoms with Crippen LogP contribution in [0.5, 0.6) is 0 Å². The zero-order valence-corrected chi connectivity index (χ0v) is 14.4. The summed E-state index contributed by atoms with van der Waals surface area (Å²) in [6, 6.07) is 2.01. The van der Waals surface area contributed by atoms with E-state index in [0.29, 0.717) is 24.1 Å². The van der Waals surface area contributed by atoms with E-state index in [9.17, 15) is 8.42 Å². The Labute approximate surface area is 131 Å². The van der Waals surface area contributed by atoms with Gasteiger partial charge in [0.25, 0.3) is 0 Å². The Morgan fingerprint density at radius 3 is 2.76 bits per heavy atom. The summed E-state index contributed by atoms with van der Waals surface area (Å²) in [6.07, 6.45) is 1.72. The van der Waals surface area contributed by atoms with Gasteiger partial charge in [0.2, 0.25) is 10.0 Å². The topological polar surface area (TPSA) is 67.4 Å². The molecule has 1 aromatic rings. The van der Waals surface area contributed by atoms with E-state index < -0.39 is 10.0 Å². The minimum Gasteiger partial charge on any atom is -0.378 e. The van der Waals surface area contributed by atoms with Crippen LogP contribution < -0.4 is 10.0 Å². The molecule has 1 aliphatic rings. The lowest BCUT2D eigenvalue weighted by Gasteiger charge is -2.35. The summed E-state index contributed by atoms with van der Waals surface area (Å²) in [6.45, 7) is 7.30. The van der Waals surface area contributed by atoms with Crippen molar-refractivity contribution in [1.29, 1.82) is 0 Å². The first-order valence-electron chi connectivity index (χ1n) is 7.36. The smallest absolute Gasteiger partial charge is 0.241 e. The maximum absolute atomic E-state index is 12.5. The molecule has 0 radical (unpaired) electrons. The Balaban J connectivity index is 1.96. The molecular formula is C14H24N2O3S2. The third-order valence-electron chi connectivity index (χ3n) is 3.48. The summed E-state index contributed by atoms with van der Waals surface area (Å²) >= 11 is 1.47. The normalized spacial score (nSPS) is 22.5. The molecule has 0 amide bonds. The Morgan fingerprint density at radius 2 is 2.14 bits per heavy atom. The monoisotopic (exact) mass is 332 g/mol. The van der Waals surface area contributed by atoms with E-state index in [2.05, 4.69) is 10.0 Å². The van der Waals surface area contributed by atoms with Crippen molar-refractivity contribution in [3.63, 3.8) is 0 Å². The molecule has 1 heterocycles. The Morgan fingerprint density at radius 1 is 1.43 bits per heavy atom. The van der Waals surface area contributed by atoms with Crippen molar-refractivity contribution in [1.82, 2.24) is 10.0 Å². The Kier molecular flexibility index (Phi) is 5.79. The van der Waals surface area contributed by atoms with Crippen LogP contribution in [0.15, 0.2) is 16.3 Å². The minimum atomic E-state index is -3.43. The second-order valence-electron chi connectivity index (χ2n) is 5.61. The average Bonchev–Trinajstić information content (AvgIpc) is 2.83. The summed E-state index contributed by atoms with van der Waals surface area (Å²) in [4.78, 5) is 1.26. The van der Waals surface area contributed by atoms with Gasteiger partial charge in [-0.3, -0.25) is 0 Å². The number of nitrogens with one attached hydrogen (secondary N) is 2. The van der Waals surface area contributed by atoms with E-state index in [1.807, 2.05) is 26.2 Å². The number of hydrogen-bond acceptors (Lipinski definition) is 5. The highest BCUT2D eigenvalue weighted by molar-refractivity contribution is 7.89. The molecule has 120 valence electrons. The van der Waals surface area contributed by atoms with Gasteiger partial charge in [0.15, 0.2) is 0 Å². The summed E-state index contributed by atoms with van der Waals surface area (Å²) in [5, 5.41) is 5.09. The SMILES string of the molecule is CCOC1CC(NS(=O)(=O)c2ccsc2CNC(C)C)C1. The molecular weight excluding hydrogens is 308 g/mol. The minimum absolute atomic E-state index is 0.00245. The fraction of sp³-hybridized carbons (Fsp3) is 0.714. The van der Waals surface area contributed by atoms with Gasteiger partial charge in [-0.2, -0.15) is 0 Å². The Bertz CT molecular complexity index is 548. The van der Waals surface area contributed by atoms with Crippen molar-refractivity contribution in [2.75, 3.05) is 6.61 Å². The zero-order chi connectivity index (χ0) is 15.5. The summed E-state index contributed by atoms with van der Waals surface area (Å²) < 4.78 is 33.1. The van der Waals surface area contributed by atoms with E-state index >= 15 is 0 Å². The molecule has 0 aromatic carbocycles. The van der Waals surface area contributed by atoms with E-state index in [1.165, 1.54) is 11.3 Å². The summed E-state index contributed by atoms with van der Waals surface area (Å²) in [5.74, 6) is 0. The summed E-state index contributed by atoms with van der Waals surface area (Å²) in [7, 11) is -3.43. The number of ether oxygens (including phenoxy) is 1. The van der Waals surface area contributed by atoms with Crippen LogP contribution in [-0.4, -0.2) is 33.2 Å². The van der Waals surface area contributed by atoms with Gasteiger partial charge >= 0.3 is 0 Å². The van der Waals surface area contributed by atoms with Crippen molar-refractivity contribution in [3.05, 3.63) is 16.3 Å². The third kappa shape index (κ3) is 4.50. The molecule has 5 nitrogen and oxygen atoms in total. The van der Waals surface area contributed by atoms with E-state index in [0.717, 1.165) is 17.7 Å². The lowest BCUT2D eigenvalue weighted by Crippen LogP contribution is -2.47. The van der Waals surface area contributed by atoms with Crippen molar-refractivity contribution in [2.45, 2.75) is 63.2 Å². The number of hydrogen-bond donors (Lipinski definition) is 2. The first-order chi connectivity index (χ1) is 9.92. The second kappa shape index (κ2) is 7.19. The van der Waals surface area contributed by atoms with Crippen molar-refractivity contribution >= 4 is 21.4 Å². The number of rotatable bonds is 8. The largest absolute Gasteiger partial charge is 0.378 e. The second-order valence-corrected chi connectivity index (χ2v) is 8.29. The molecule has 1 fully saturated rings. The number of sulfonamides is 1. The molecule has 1 saturated carbocycles. The van der Waals surface area contributed by atoms with Crippen molar-refractivity contribution in [3.8, 4) is 0 Å². The lowest BCUT2D eigenvalue weighted by atomic mass is 9.90. The van der Waals surface area contributed by atoms with Crippen LogP contribution in [0.3, 0.4) is 0 Å². The molecule has 7 heteroatoms. The molecule has 0 spiro atoms. The van der Waals surface area contributed by atoms with Crippen LogP contribution in [0.2, 0.25) is 0 Å². The highest BCUT2D eigenvalue weighted by Gasteiger charge is 2.33. The van der Waals surface area contributed by atoms with E-state index in [1.54, 1.807) is 6.07 Å². The van der Waals surface area contributed by atoms with Crippen LogP contribution in [0.4, 0.5) is 0 Å². The fourth-order valence-corrected chi connectivity index (χ4v) is 4.97. The molecule has 0 aliphatic heterocycles. The van der Waals surface area contributed by atoms with Crippen LogP contribution in [0.25, 0.3) is 0 Å². The van der Waals surface area contributed by atoms with Crippen molar-refractivity contribution in [2.24, 2.45) is 0 Å². The van der Waals surface area contributed by atoms with Gasteiger partial charge in [-0.05, 0) is 31.2 Å². The van der Waals surface area contributed by atoms with Gasteiger partial charge in [-0.15, -0.1) is 11.3 Å². The quantitative estimate of drug-likeness (QED) is 0.765. The Hall–Kier alpha value is -0.470. The standard InChI is InChI=1S/C14H24N2O3S2/c1-4-19-12-7-11(8-12)16-21(17,18)14-5-6-20-13(14)9-15-10(2)3/h5-6,10-12,15-16H,4,7-9H2,1-3H3. The maximum atomic E-state index is 12.5. The molecule has 21 heavy (non-hydrogen) atoms. The molecule has 1 aromatic heterocycles. The summed E-state index contributed by atoms with van der Waals surface area (Å²) in [5.41, 5.74) is 0. The average molecular weight is 332 g/mol. The van der Waals surface area contributed by atoms with Crippen LogP contribution in [0.1, 0.15) is 38.5 Å². The van der Waals surface area contributed by atoms with Crippen LogP contribution in [0, 0.1) is 0 Å². The molecule has 0 bridgehead atoms. The predicted molar refractivity (Wildman–Crippen MR) is 85.1 cm³/mol. The fourth-order valence-electron chi connectivity index (χ4n) is 2.31. The van der Waals surface area contributed by atoms with Gasteiger partial charge in [0, 0.05) is 30.1 Å². The highest BCUT2D eigenvalue weighted by atomic mass is 32.2. The van der Waals surface area contributed by atoms with Crippen LogP contribution >= 0.6 is 11.3 Å². The maximum Gasteiger partial charge on any atom is 0.241 e. The number of thiophene rings is 1. The predicted octanol–water partition coefficient (Wildman–Crippen LogP) is 2.09. The van der Waals surface area contributed by atoms with E-state index in [4.69, 9.17) is 4.74 Å². The third-order valence-corrected chi connectivity index (χ3v) is 6.14. The zero-order valence-electron chi connectivity index (χ0n) is 12.8. The molecule has 2 N–H and O–H groups in total. The highest BCUT2D eigenvalue weighted by Crippen LogP contribution is 2.27. The molecule has 0 atom stereocenters. The lowest BCUT2D eigenvalue weighted by molar-refractivity contribution is -0.00475. The molecule has 0 unspecified atom stereocenters. The van der Waals surface area contributed by atoms with Gasteiger partial charge in [-0.1, -0.05) is 13.8 Å². The van der Waals surface area contributed by atoms with Gasteiger partial charge in [-0.25, -0.2) is 13.1 Å². The molecule has 2 rings (SSSR count). The van der Waals surface area contributed by atoms with Gasteiger partial charge < -0.3 is 10.1 Å². The van der Waals surface area contributed by atoms with Gasteiger partial charge in [0.1, 0.15) is 0 Å². The molecule has 0 saturated heterocycles.